The molecule has 1 heterocycles. The van der Waals surface area contributed by atoms with Gasteiger partial charge in [0.15, 0.2) is 0 Å². The molecule has 1 aliphatic carbocycles. The first-order valence-electron chi connectivity index (χ1n) is 4.25. The lowest BCUT2D eigenvalue weighted by Crippen LogP contribution is -2.07. The van der Waals surface area contributed by atoms with Crippen LogP contribution in [-0.2, 0) is 5.60 Å². The molecule has 1 aromatic heterocycles. The lowest BCUT2D eigenvalue weighted by molar-refractivity contribution is 0.131. The molecule has 1 nitrogen and oxygen atoms in total. The van der Waals surface area contributed by atoms with Gasteiger partial charge in [-0.25, -0.2) is 0 Å². The molecule has 0 saturated heterocycles. The van der Waals surface area contributed by atoms with Gasteiger partial charge in [0.1, 0.15) is 4.34 Å². The van der Waals surface area contributed by atoms with Crippen molar-refractivity contribution >= 4 is 34.5 Å². The van der Waals surface area contributed by atoms with Crippen LogP contribution in [0.25, 0.3) is 0 Å². The second-order valence-corrected chi connectivity index (χ2v) is 5.76. The van der Waals surface area contributed by atoms with Crippen LogP contribution in [0, 0.1) is 5.92 Å². The highest BCUT2D eigenvalue weighted by atomic mass is 35.5. The summed E-state index contributed by atoms with van der Waals surface area (Å²) in [5.41, 5.74) is 0.131. The first-order valence-corrected chi connectivity index (χ1v) is 5.83. The Morgan fingerprint density at radius 1 is 1.69 bits per heavy atom. The van der Waals surface area contributed by atoms with Gasteiger partial charge in [-0.3, -0.25) is 0 Å². The Morgan fingerprint density at radius 2 is 2.38 bits per heavy atom. The van der Waals surface area contributed by atoms with Crippen LogP contribution in [0.3, 0.4) is 0 Å². The fourth-order valence-corrected chi connectivity index (χ4v) is 3.38. The van der Waals surface area contributed by atoms with E-state index in [1.807, 2.05) is 0 Å². The van der Waals surface area contributed by atoms with Crippen molar-refractivity contribution in [2.24, 2.45) is 5.92 Å². The lowest BCUT2D eigenvalue weighted by Gasteiger charge is -2.07. The summed E-state index contributed by atoms with van der Waals surface area (Å²) in [6.07, 6.45) is 1.80. The Hall–Kier alpha value is 0.240. The van der Waals surface area contributed by atoms with Crippen LogP contribution < -0.4 is 0 Å². The van der Waals surface area contributed by atoms with E-state index in [9.17, 15) is 5.11 Å². The average Bonchev–Trinajstić information content (AvgIpc) is 2.61. The zero-order chi connectivity index (χ0) is 9.64. The van der Waals surface area contributed by atoms with E-state index in [1.54, 1.807) is 6.07 Å². The maximum absolute atomic E-state index is 10.1. The minimum absolute atomic E-state index is 0.357. The van der Waals surface area contributed by atoms with Gasteiger partial charge in [0.25, 0.3) is 0 Å². The Balaban J connectivity index is 2.32. The van der Waals surface area contributed by atoms with E-state index in [4.69, 9.17) is 23.2 Å². The van der Waals surface area contributed by atoms with Gasteiger partial charge in [0, 0.05) is 5.56 Å². The van der Waals surface area contributed by atoms with E-state index < -0.39 is 5.60 Å². The van der Waals surface area contributed by atoms with Crippen molar-refractivity contribution in [1.29, 1.82) is 0 Å². The van der Waals surface area contributed by atoms with Crippen LogP contribution in [-0.4, -0.2) is 5.11 Å². The molecule has 4 heteroatoms. The third kappa shape index (κ3) is 1.50. The average molecular weight is 237 g/mol. The molecule has 0 spiro atoms. The first kappa shape index (κ1) is 9.78. The predicted octanol–water partition coefficient (Wildman–Crippen LogP) is 3.67. The maximum Gasteiger partial charge on any atom is 0.100 e. The van der Waals surface area contributed by atoms with Crippen LogP contribution >= 0.6 is 34.5 Å². The largest absolute Gasteiger partial charge is 0.385 e. The molecular formula is C9H10Cl2OS. The van der Waals surface area contributed by atoms with Crippen molar-refractivity contribution in [3.63, 3.8) is 0 Å². The minimum atomic E-state index is -0.685. The molecule has 0 amide bonds. The van der Waals surface area contributed by atoms with Crippen molar-refractivity contribution < 1.29 is 5.11 Å². The van der Waals surface area contributed by atoms with Crippen LogP contribution in [0.15, 0.2) is 6.07 Å². The Bertz CT molecular complexity index is 336. The molecule has 13 heavy (non-hydrogen) atoms. The Morgan fingerprint density at radius 3 is 2.77 bits per heavy atom. The zero-order valence-electron chi connectivity index (χ0n) is 7.18. The number of aliphatic hydroxyl groups is 1. The highest BCUT2D eigenvalue weighted by Gasteiger charge is 2.54. The standard InChI is InChI=1S/C9H10Cl2OS/c1-2-5-4-9(5,12)6-3-7(10)13-8(6)11/h3,5,12H,2,4H2,1H3. The molecule has 1 fully saturated rings. The number of hydrogen-bond acceptors (Lipinski definition) is 2. The molecule has 2 atom stereocenters. The quantitative estimate of drug-likeness (QED) is 0.831. The highest BCUT2D eigenvalue weighted by Crippen LogP contribution is 2.57. The van der Waals surface area contributed by atoms with E-state index in [1.165, 1.54) is 11.3 Å². The molecule has 2 rings (SSSR count). The monoisotopic (exact) mass is 236 g/mol. The fourth-order valence-electron chi connectivity index (χ4n) is 1.76. The predicted molar refractivity (Wildman–Crippen MR) is 56.6 cm³/mol. The van der Waals surface area contributed by atoms with Crippen molar-refractivity contribution in [3.05, 3.63) is 20.3 Å². The topological polar surface area (TPSA) is 20.2 Å². The smallest absolute Gasteiger partial charge is 0.100 e. The van der Waals surface area contributed by atoms with Gasteiger partial charge in [-0.05, 0) is 18.4 Å². The second-order valence-electron chi connectivity index (χ2n) is 3.47. The Labute approximate surface area is 91.3 Å². The summed E-state index contributed by atoms with van der Waals surface area (Å²) in [5, 5.41) is 10.1. The maximum atomic E-state index is 10.1. The van der Waals surface area contributed by atoms with Gasteiger partial charge in [0.2, 0.25) is 0 Å². The molecule has 0 radical (unpaired) electrons. The van der Waals surface area contributed by atoms with Crippen molar-refractivity contribution in [2.45, 2.75) is 25.4 Å². The fraction of sp³-hybridized carbons (Fsp3) is 0.556. The van der Waals surface area contributed by atoms with E-state index in [0.29, 0.717) is 14.6 Å². The highest BCUT2D eigenvalue weighted by molar-refractivity contribution is 7.20. The number of halogens is 2. The summed E-state index contributed by atoms with van der Waals surface area (Å²) >= 11 is 13.1. The van der Waals surface area contributed by atoms with Crippen LogP contribution in [0.5, 0.6) is 0 Å². The van der Waals surface area contributed by atoms with E-state index >= 15 is 0 Å². The van der Waals surface area contributed by atoms with Gasteiger partial charge in [0.05, 0.1) is 9.94 Å². The van der Waals surface area contributed by atoms with Crippen molar-refractivity contribution in [3.8, 4) is 0 Å². The molecule has 2 unspecified atom stereocenters. The van der Waals surface area contributed by atoms with Gasteiger partial charge >= 0.3 is 0 Å². The van der Waals surface area contributed by atoms with E-state index in [2.05, 4.69) is 6.92 Å². The van der Waals surface area contributed by atoms with Gasteiger partial charge in [-0.15, -0.1) is 11.3 Å². The molecule has 1 N–H and O–H groups in total. The molecule has 0 aliphatic heterocycles. The summed E-state index contributed by atoms with van der Waals surface area (Å²) in [6, 6.07) is 1.78. The number of hydrogen-bond donors (Lipinski definition) is 1. The van der Waals surface area contributed by atoms with Crippen LogP contribution in [0.2, 0.25) is 8.67 Å². The summed E-state index contributed by atoms with van der Waals surface area (Å²) in [6.45, 7) is 2.07. The number of thiophene rings is 1. The Kier molecular flexibility index (Phi) is 2.35. The molecule has 72 valence electrons. The van der Waals surface area contributed by atoms with Gasteiger partial charge < -0.3 is 5.11 Å². The van der Waals surface area contributed by atoms with Gasteiger partial charge in [-0.1, -0.05) is 36.5 Å². The third-order valence-corrected chi connectivity index (χ3v) is 4.18. The zero-order valence-corrected chi connectivity index (χ0v) is 9.51. The normalized spacial score (nSPS) is 32.2. The second kappa shape index (κ2) is 3.13. The molecular weight excluding hydrogens is 227 g/mol. The molecule has 1 aromatic rings. The molecule has 1 saturated carbocycles. The number of rotatable bonds is 2. The first-order chi connectivity index (χ1) is 6.08. The SMILES string of the molecule is CCC1CC1(O)c1cc(Cl)sc1Cl. The summed E-state index contributed by atoms with van der Waals surface area (Å²) in [7, 11) is 0. The summed E-state index contributed by atoms with van der Waals surface area (Å²) in [4.78, 5) is 0. The lowest BCUT2D eigenvalue weighted by atomic mass is 10.1. The van der Waals surface area contributed by atoms with E-state index in [-0.39, 0.29) is 0 Å². The van der Waals surface area contributed by atoms with Crippen LogP contribution in [0.1, 0.15) is 25.3 Å². The van der Waals surface area contributed by atoms with Crippen molar-refractivity contribution in [2.75, 3.05) is 0 Å². The molecule has 1 aliphatic rings. The molecule has 0 aromatic carbocycles. The van der Waals surface area contributed by atoms with E-state index in [0.717, 1.165) is 18.4 Å². The minimum Gasteiger partial charge on any atom is -0.385 e. The van der Waals surface area contributed by atoms with Gasteiger partial charge in [-0.2, -0.15) is 0 Å². The summed E-state index contributed by atoms with van der Waals surface area (Å²) in [5.74, 6) is 0.357. The van der Waals surface area contributed by atoms with Crippen LogP contribution in [0.4, 0.5) is 0 Å². The summed E-state index contributed by atoms with van der Waals surface area (Å²) < 4.78 is 1.28. The third-order valence-electron chi connectivity index (χ3n) is 2.69. The van der Waals surface area contributed by atoms with Crippen molar-refractivity contribution in [1.82, 2.24) is 0 Å². The molecule has 0 bridgehead atoms.